The summed E-state index contributed by atoms with van der Waals surface area (Å²) in [5.74, 6) is 1.61. The first kappa shape index (κ1) is 23.4. The normalized spacial score (nSPS) is 11.0. The Kier molecular flexibility index (Phi) is 10.4. The summed E-state index contributed by atoms with van der Waals surface area (Å²) >= 11 is 0. The highest BCUT2D eigenvalue weighted by Gasteiger charge is 2.06. The number of nitrogens with one attached hydrogen (secondary N) is 2. The Morgan fingerprint density at radius 1 is 1.03 bits per heavy atom. The van der Waals surface area contributed by atoms with Crippen LogP contribution in [0, 0.1) is 6.92 Å². The molecule has 1 aromatic heterocycles. The van der Waals surface area contributed by atoms with Crippen LogP contribution in [-0.4, -0.2) is 34.6 Å². The zero-order chi connectivity index (χ0) is 21.6. The summed E-state index contributed by atoms with van der Waals surface area (Å²) in [4.78, 5) is 14.1. The summed E-state index contributed by atoms with van der Waals surface area (Å²) < 4.78 is 11.6. The van der Waals surface area contributed by atoms with E-state index in [9.17, 15) is 4.79 Å². The highest BCUT2D eigenvalue weighted by atomic mass is 16.5. The molecule has 1 heterocycles. The van der Waals surface area contributed by atoms with E-state index in [1.54, 1.807) is 13.1 Å². The quantitative estimate of drug-likeness (QED) is 0.269. The van der Waals surface area contributed by atoms with Gasteiger partial charge in [0.15, 0.2) is 11.5 Å². The van der Waals surface area contributed by atoms with Crippen molar-refractivity contribution < 1.29 is 9.47 Å². The van der Waals surface area contributed by atoms with Gasteiger partial charge in [-0.3, -0.25) is 9.78 Å². The number of H-pyrrole nitrogens is 1. The van der Waals surface area contributed by atoms with Gasteiger partial charge in [0.1, 0.15) is 5.69 Å². The zero-order valence-electron chi connectivity index (χ0n) is 18.2. The number of hydrazone groups is 1. The minimum absolute atomic E-state index is 0.182. The van der Waals surface area contributed by atoms with E-state index in [0.29, 0.717) is 24.7 Å². The van der Waals surface area contributed by atoms with Gasteiger partial charge >= 0.3 is 0 Å². The topological polar surface area (TPSA) is 101 Å². The van der Waals surface area contributed by atoms with Crippen LogP contribution in [0.2, 0.25) is 0 Å². The highest BCUT2D eigenvalue weighted by Crippen LogP contribution is 2.28. The summed E-state index contributed by atoms with van der Waals surface area (Å²) in [5, 5.41) is 11.7. The van der Waals surface area contributed by atoms with Gasteiger partial charge in [0.2, 0.25) is 5.95 Å². The molecular weight excluding hydrogens is 382 g/mol. The molecule has 164 valence electrons. The van der Waals surface area contributed by atoms with E-state index in [2.05, 4.69) is 32.6 Å². The van der Waals surface area contributed by atoms with Crippen molar-refractivity contribution in [3.8, 4) is 11.5 Å². The number of ether oxygens (including phenoxy) is 2. The fraction of sp³-hybridized carbons (Fsp3) is 0.545. The van der Waals surface area contributed by atoms with Crippen molar-refractivity contribution in [1.29, 1.82) is 0 Å². The SMILES string of the molecule is CCCCCCCCCOc1ccc(/C=N/Nc2nnc(C)c(=O)[nH]2)cc1OCC. The molecule has 8 heteroatoms. The molecular formula is C22H33N5O3. The largest absolute Gasteiger partial charge is 0.490 e. The maximum atomic E-state index is 11.5. The number of aryl methyl sites for hydroxylation is 1. The number of benzene rings is 1. The van der Waals surface area contributed by atoms with Gasteiger partial charge in [-0.15, -0.1) is 10.2 Å². The average Bonchev–Trinajstić information content (AvgIpc) is 2.74. The fourth-order valence-electron chi connectivity index (χ4n) is 2.85. The Bertz CT molecular complexity index is 851. The molecule has 2 N–H and O–H groups in total. The molecule has 2 aromatic rings. The second kappa shape index (κ2) is 13.3. The van der Waals surface area contributed by atoms with E-state index in [1.165, 1.54) is 38.5 Å². The summed E-state index contributed by atoms with van der Waals surface area (Å²) in [7, 11) is 0. The van der Waals surface area contributed by atoms with Crippen LogP contribution in [0.3, 0.4) is 0 Å². The molecule has 0 amide bonds. The minimum Gasteiger partial charge on any atom is -0.490 e. The monoisotopic (exact) mass is 415 g/mol. The number of anilines is 1. The van der Waals surface area contributed by atoms with Crippen molar-refractivity contribution in [2.75, 3.05) is 18.6 Å². The van der Waals surface area contributed by atoms with Crippen LogP contribution in [0.4, 0.5) is 5.95 Å². The number of nitrogens with zero attached hydrogens (tertiary/aromatic N) is 3. The maximum Gasteiger partial charge on any atom is 0.274 e. The Morgan fingerprint density at radius 3 is 2.53 bits per heavy atom. The van der Waals surface area contributed by atoms with Gasteiger partial charge in [-0.1, -0.05) is 45.4 Å². The van der Waals surface area contributed by atoms with Crippen molar-refractivity contribution in [3.05, 3.63) is 39.8 Å². The van der Waals surface area contributed by atoms with Crippen molar-refractivity contribution in [2.24, 2.45) is 5.10 Å². The fourth-order valence-corrected chi connectivity index (χ4v) is 2.85. The molecule has 0 saturated carbocycles. The van der Waals surface area contributed by atoms with E-state index >= 15 is 0 Å². The first-order valence-corrected chi connectivity index (χ1v) is 10.8. The van der Waals surface area contributed by atoms with Crippen LogP contribution in [0.15, 0.2) is 28.1 Å². The predicted molar refractivity (Wildman–Crippen MR) is 120 cm³/mol. The van der Waals surface area contributed by atoms with Gasteiger partial charge in [-0.05, 0) is 44.0 Å². The number of aromatic nitrogens is 3. The van der Waals surface area contributed by atoms with Crippen LogP contribution in [0.5, 0.6) is 11.5 Å². The maximum absolute atomic E-state index is 11.5. The van der Waals surface area contributed by atoms with E-state index in [4.69, 9.17) is 9.47 Å². The van der Waals surface area contributed by atoms with Gasteiger partial charge in [0.05, 0.1) is 19.4 Å². The molecule has 2 rings (SSSR count). The lowest BCUT2D eigenvalue weighted by Gasteiger charge is -2.12. The van der Waals surface area contributed by atoms with Crippen LogP contribution in [-0.2, 0) is 0 Å². The summed E-state index contributed by atoms with van der Waals surface area (Å²) in [6, 6.07) is 5.66. The minimum atomic E-state index is -0.302. The van der Waals surface area contributed by atoms with E-state index < -0.39 is 0 Å². The smallest absolute Gasteiger partial charge is 0.274 e. The second-order valence-electron chi connectivity index (χ2n) is 7.07. The number of hydrogen-bond donors (Lipinski definition) is 2. The Hall–Kier alpha value is -2.90. The van der Waals surface area contributed by atoms with Crippen molar-refractivity contribution in [3.63, 3.8) is 0 Å². The second-order valence-corrected chi connectivity index (χ2v) is 7.07. The van der Waals surface area contributed by atoms with Crippen molar-refractivity contribution in [1.82, 2.24) is 15.2 Å². The van der Waals surface area contributed by atoms with Crippen LogP contribution in [0.1, 0.15) is 70.1 Å². The number of hydrogen-bond acceptors (Lipinski definition) is 7. The molecule has 0 unspecified atom stereocenters. The first-order chi connectivity index (χ1) is 14.6. The highest BCUT2D eigenvalue weighted by molar-refractivity contribution is 5.81. The van der Waals surface area contributed by atoms with E-state index in [0.717, 1.165) is 17.7 Å². The summed E-state index contributed by atoms with van der Waals surface area (Å²) in [6.45, 7) is 6.99. The predicted octanol–water partition coefficient (Wildman–Crippen LogP) is 4.45. The van der Waals surface area contributed by atoms with Gasteiger partial charge in [-0.25, -0.2) is 5.43 Å². The molecule has 0 bridgehead atoms. The molecule has 0 fully saturated rings. The third-order valence-electron chi connectivity index (χ3n) is 4.52. The molecule has 0 aliphatic carbocycles. The molecule has 0 saturated heterocycles. The molecule has 0 aliphatic heterocycles. The lowest BCUT2D eigenvalue weighted by Crippen LogP contribution is -2.15. The van der Waals surface area contributed by atoms with E-state index in [-0.39, 0.29) is 11.5 Å². The van der Waals surface area contributed by atoms with Gasteiger partial charge in [0.25, 0.3) is 5.56 Å². The number of rotatable bonds is 14. The number of unbranched alkanes of at least 4 members (excludes halogenated alkanes) is 6. The first-order valence-electron chi connectivity index (χ1n) is 10.8. The van der Waals surface area contributed by atoms with Crippen molar-refractivity contribution >= 4 is 12.2 Å². The number of aromatic amines is 1. The molecule has 1 aromatic carbocycles. The van der Waals surface area contributed by atoms with Crippen LogP contribution < -0.4 is 20.5 Å². The molecule has 0 aliphatic rings. The third-order valence-corrected chi connectivity index (χ3v) is 4.52. The van der Waals surface area contributed by atoms with Crippen molar-refractivity contribution in [2.45, 2.75) is 65.7 Å². The molecule has 0 radical (unpaired) electrons. The Morgan fingerprint density at radius 2 is 1.80 bits per heavy atom. The molecule has 8 nitrogen and oxygen atoms in total. The lowest BCUT2D eigenvalue weighted by atomic mass is 10.1. The Balaban J connectivity index is 1.85. The van der Waals surface area contributed by atoms with Crippen LogP contribution >= 0.6 is 0 Å². The zero-order valence-corrected chi connectivity index (χ0v) is 18.2. The van der Waals surface area contributed by atoms with Gasteiger partial charge < -0.3 is 9.47 Å². The standard InChI is InChI=1S/C22H33N5O3/c1-4-6-7-8-9-10-11-14-30-19-13-12-18(15-20(19)29-5-2)16-23-26-22-24-21(28)17(3)25-27-22/h12-13,15-16H,4-11,14H2,1-3H3,(H2,24,26,27,28)/b23-16+. The van der Waals surface area contributed by atoms with Gasteiger partial charge in [0, 0.05) is 0 Å². The summed E-state index contributed by atoms with van der Waals surface area (Å²) in [6.07, 6.45) is 10.4. The average molecular weight is 416 g/mol. The molecule has 0 atom stereocenters. The molecule has 0 spiro atoms. The van der Waals surface area contributed by atoms with Gasteiger partial charge in [-0.2, -0.15) is 5.10 Å². The lowest BCUT2D eigenvalue weighted by molar-refractivity contribution is 0.270. The van der Waals surface area contributed by atoms with E-state index in [1.807, 2.05) is 25.1 Å². The molecule has 30 heavy (non-hydrogen) atoms. The van der Waals surface area contributed by atoms with Crippen LogP contribution in [0.25, 0.3) is 0 Å². The third kappa shape index (κ3) is 8.23. The summed E-state index contributed by atoms with van der Waals surface area (Å²) in [5.41, 5.74) is 3.49. The Labute approximate surface area is 178 Å².